The Labute approximate surface area is 144 Å². The van der Waals surface area contributed by atoms with Crippen molar-refractivity contribution in [1.82, 2.24) is 15.1 Å². The van der Waals surface area contributed by atoms with E-state index in [1.165, 1.54) is 24.6 Å². The molecule has 24 heavy (non-hydrogen) atoms. The number of benzene rings is 1. The lowest BCUT2D eigenvalue weighted by atomic mass is 10.3. The summed E-state index contributed by atoms with van der Waals surface area (Å²) in [7, 11) is 0. The van der Waals surface area contributed by atoms with Crippen molar-refractivity contribution in [1.29, 1.82) is 0 Å². The van der Waals surface area contributed by atoms with Crippen molar-refractivity contribution >= 4 is 28.9 Å². The van der Waals surface area contributed by atoms with E-state index in [9.17, 15) is 4.79 Å². The molecule has 2 fully saturated rings. The molecule has 0 spiro atoms. The van der Waals surface area contributed by atoms with Gasteiger partial charge in [0.2, 0.25) is 0 Å². The van der Waals surface area contributed by atoms with Crippen molar-refractivity contribution < 1.29 is 4.79 Å². The molecule has 2 heterocycles. The van der Waals surface area contributed by atoms with E-state index >= 15 is 0 Å². The molecule has 0 unspecified atom stereocenters. The zero-order valence-corrected chi connectivity index (χ0v) is 14.0. The highest BCUT2D eigenvalue weighted by Crippen LogP contribution is 2.29. The number of carbonyl (C=O) groups excluding carboxylic acids is 1. The number of amidine groups is 1. The van der Waals surface area contributed by atoms with Crippen molar-refractivity contribution in [2.24, 2.45) is 4.99 Å². The summed E-state index contributed by atoms with van der Waals surface area (Å²) in [6.45, 7) is 0. The first-order valence-electron chi connectivity index (χ1n) is 8.17. The normalized spacial score (nSPS) is 21.8. The van der Waals surface area contributed by atoms with Crippen LogP contribution >= 0.6 is 11.8 Å². The zero-order valence-electron chi connectivity index (χ0n) is 13.2. The van der Waals surface area contributed by atoms with Crippen molar-refractivity contribution in [3.63, 3.8) is 0 Å². The fraction of sp³-hybridized carbons (Fsp3) is 0.278. The molecule has 2 aromatic rings. The number of amides is 1. The van der Waals surface area contributed by atoms with Crippen LogP contribution in [0.1, 0.15) is 31.2 Å². The molecule has 1 N–H and O–H groups in total. The van der Waals surface area contributed by atoms with Crippen LogP contribution in [0.2, 0.25) is 0 Å². The second-order valence-corrected chi connectivity index (χ2v) is 7.02. The van der Waals surface area contributed by atoms with Crippen molar-refractivity contribution in [2.75, 3.05) is 0 Å². The van der Waals surface area contributed by atoms with Gasteiger partial charge in [-0.15, -0.1) is 0 Å². The molecule has 1 aromatic carbocycles. The number of aromatic nitrogens is 2. The van der Waals surface area contributed by atoms with Gasteiger partial charge in [-0.3, -0.25) is 9.79 Å². The Balaban J connectivity index is 1.51. The summed E-state index contributed by atoms with van der Waals surface area (Å²) in [4.78, 5) is 17.5. The van der Waals surface area contributed by atoms with Crippen LogP contribution in [-0.2, 0) is 4.79 Å². The summed E-state index contributed by atoms with van der Waals surface area (Å²) in [5, 5.41) is 7.95. The maximum Gasteiger partial charge on any atom is 0.264 e. The van der Waals surface area contributed by atoms with Gasteiger partial charge in [0.15, 0.2) is 5.17 Å². The van der Waals surface area contributed by atoms with Crippen molar-refractivity contribution in [2.45, 2.75) is 31.7 Å². The standard InChI is InChI=1S/C18H18N4OS/c23-17-16(24-18(21-17)20-14-6-4-5-7-14)10-13-11-19-22(12-13)15-8-2-1-3-9-15/h1-3,8-12,14H,4-7H2,(H,20,21,23). The van der Waals surface area contributed by atoms with E-state index in [1.54, 1.807) is 10.9 Å². The van der Waals surface area contributed by atoms with Gasteiger partial charge in [0, 0.05) is 11.8 Å². The molecule has 0 atom stereocenters. The van der Waals surface area contributed by atoms with Crippen LogP contribution < -0.4 is 5.32 Å². The zero-order chi connectivity index (χ0) is 16.4. The number of hydrogen-bond acceptors (Lipinski definition) is 4. The number of carbonyl (C=O) groups is 1. The van der Waals surface area contributed by atoms with Gasteiger partial charge in [-0.25, -0.2) is 4.68 Å². The van der Waals surface area contributed by atoms with Gasteiger partial charge >= 0.3 is 0 Å². The minimum Gasteiger partial charge on any atom is -0.301 e. The molecule has 2 aliphatic rings. The molecule has 6 heteroatoms. The smallest absolute Gasteiger partial charge is 0.264 e. The Hall–Kier alpha value is -2.34. The van der Waals surface area contributed by atoms with E-state index < -0.39 is 0 Å². The molecule has 4 rings (SSSR count). The molecule has 1 aliphatic heterocycles. The number of nitrogens with one attached hydrogen (secondary N) is 1. The third-order valence-corrected chi connectivity index (χ3v) is 5.12. The Morgan fingerprint density at radius 2 is 2.04 bits per heavy atom. The third-order valence-electron chi connectivity index (χ3n) is 4.20. The van der Waals surface area contributed by atoms with Crippen LogP contribution in [0.4, 0.5) is 0 Å². The van der Waals surface area contributed by atoms with Gasteiger partial charge in [-0.2, -0.15) is 5.10 Å². The van der Waals surface area contributed by atoms with Crippen LogP contribution in [0, 0.1) is 0 Å². The third kappa shape index (κ3) is 3.28. The molecule has 1 aliphatic carbocycles. The highest BCUT2D eigenvalue weighted by molar-refractivity contribution is 8.18. The van der Waals surface area contributed by atoms with Crippen LogP contribution in [0.5, 0.6) is 0 Å². The molecule has 0 bridgehead atoms. The van der Waals surface area contributed by atoms with Gasteiger partial charge in [0.25, 0.3) is 5.91 Å². The monoisotopic (exact) mass is 338 g/mol. The van der Waals surface area contributed by atoms with Gasteiger partial charge in [0.05, 0.1) is 22.8 Å². The van der Waals surface area contributed by atoms with Gasteiger partial charge in [-0.1, -0.05) is 31.0 Å². The Morgan fingerprint density at radius 1 is 1.25 bits per heavy atom. The van der Waals surface area contributed by atoms with Crippen molar-refractivity contribution in [3.05, 3.63) is 53.2 Å². The number of hydrogen-bond donors (Lipinski definition) is 1. The topological polar surface area (TPSA) is 59.3 Å². The number of nitrogens with zero attached hydrogens (tertiary/aromatic N) is 3. The molecule has 1 aromatic heterocycles. The lowest BCUT2D eigenvalue weighted by Gasteiger charge is -2.02. The molecule has 1 amide bonds. The summed E-state index contributed by atoms with van der Waals surface area (Å²) in [6.07, 6.45) is 10.3. The maximum atomic E-state index is 12.1. The SMILES string of the molecule is O=C1NC(=NC2CCCC2)SC1=Cc1cnn(-c2ccccc2)c1. The van der Waals surface area contributed by atoms with Crippen molar-refractivity contribution in [3.8, 4) is 5.69 Å². The first-order valence-corrected chi connectivity index (χ1v) is 8.98. The second-order valence-electron chi connectivity index (χ2n) is 5.99. The fourth-order valence-corrected chi connectivity index (χ4v) is 3.86. The van der Waals surface area contributed by atoms with Crippen LogP contribution in [0.25, 0.3) is 11.8 Å². The largest absolute Gasteiger partial charge is 0.301 e. The van der Waals surface area contributed by atoms with E-state index in [0.29, 0.717) is 10.9 Å². The molecule has 1 saturated heterocycles. The molecule has 0 radical (unpaired) electrons. The van der Waals surface area contributed by atoms with Crippen LogP contribution in [0.15, 0.2) is 52.6 Å². The number of thioether (sulfide) groups is 1. The minimum atomic E-state index is -0.0794. The quantitative estimate of drug-likeness (QED) is 0.873. The predicted molar refractivity (Wildman–Crippen MR) is 97.0 cm³/mol. The molecule has 5 nitrogen and oxygen atoms in total. The second kappa shape index (κ2) is 6.65. The Bertz CT molecular complexity index is 803. The average molecular weight is 338 g/mol. The van der Waals surface area contributed by atoms with Gasteiger partial charge in [-0.05, 0) is 42.8 Å². The van der Waals surface area contributed by atoms with E-state index in [2.05, 4.69) is 15.4 Å². The fourth-order valence-electron chi connectivity index (χ4n) is 2.97. The summed E-state index contributed by atoms with van der Waals surface area (Å²) in [5.41, 5.74) is 1.90. The molecule has 122 valence electrons. The molecular formula is C18H18N4OS. The summed E-state index contributed by atoms with van der Waals surface area (Å²) in [5.74, 6) is -0.0794. The van der Waals surface area contributed by atoms with E-state index in [1.807, 2.05) is 42.6 Å². The van der Waals surface area contributed by atoms with E-state index in [-0.39, 0.29) is 5.91 Å². The summed E-state index contributed by atoms with van der Waals surface area (Å²) in [6, 6.07) is 10.3. The van der Waals surface area contributed by atoms with E-state index in [4.69, 9.17) is 0 Å². The van der Waals surface area contributed by atoms with E-state index in [0.717, 1.165) is 29.3 Å². The lowest BCUT2D eigenvalue weighted by molar-refractivity contribution is -0.115. The Kier molecular flexibility index (Phi) is 4.21. The highest BCUT2D eigenvalue weighted by Gasteiger charge is 2.25. The number of aliphatic imine (C=N–C) groups is 1. The Morgan fingerprint density at radius 3 is 2.83 bits per heavy atom. The summed E-state index contributed by atoms with van der Waals surface area (Å²) < 4.78 is 1.80. The number of rotatable bonds is 3. The van der Waals surface area contributed by atoms with Gasteiger partial charge < -0.3 is 5.32 Å². The summed E-state index contributed by atoms with van der Waals surface area (Å²) >= 11 is 1.42. The maximum absolute atomic E-state index is 12.1. The first-order chi connectivity index (χ1) is 11.8. The molecular weight excluding hydrogens is 320 g/mol. The predicted octanol–water partition coefficient (Wildman–Crippen LogP) is 3.37. The molecule has 1 saturated carbocycles. The highest BCUT2D eigenvalue weighted by atomic mass is 32.2. The minimum absolute atomic E-state index is 0.0794. The lowest BCUT2D eigenvalue weighted by Crippen LogP contribution is -2.21. The van der Waals surface area contributed by atoms with Crippen LogP contribution in [0.3, 0.4) is 0 Å². The number of para-hydroxylation sites is 1. The first kappa shape index (κ1) is 15.2. The average Bonchev–Trinajstić information content (AvgIpc) is 3.32. The van der Waals surface area contributed by atoms with Gasteiger partial charge in [0.1, 0.15) is 0 Å². The van der Waals surface area contributed by atoms with Crippen LogP contribution in [-0.4, -0.2) is 26.9 Å².